The highest BCUT2D eigenvalue weighted by molar-refractivity contribution is 14.0. The number of likely N-dealkylation sites (N-methyl/N-ethyl adjacent to an activating group) is 1. The first-order chi connectivity index (χ1) is 12.7. The number of hydrogen-bond donors (Lipinski definition) is 3. The molecular weight excluding hydrogens is 471 g/mol. The second kappa shape index (κ2) is 11.2. The number of aliphatic hydroxyl groups is 1. The number of guanidine groups is 1. The third-order valence-corrected chi connectivity index (χ3v) is 6.34. The van der Waals surface area contributed by atoms with Gasteiger partial charge in [-0.15, -0.1) is 35.3 Å². The van der Waals surface area contributed by atoms with E-state index in [9.17, 15) is 5.11 Å². The summed E-state index contributed by atoms with van der Waals surface area (Å²) in [5, 5.41) is 18.4. The smallest absolute Gasteiger partial charge is 0.191 e. The van der Waals surface area contributed by atoms with Gasteiger partial charge in [0, 0.05) is 35.8 Å². The molecule has 1 aromatic carbocycles. The van der Waals surface area contributed by atoms with Crippen molar-refractivity contribution >= 4 is 51.4 Å². The van der Waals surface area contributed by atoms with E-state index in [1.165, 1.54) is 35.9 Å². The van der Waals surface area contributed by atoms with Crippen LogP contribution in [0.25, 0.3) is 10.1 Å². The average molecular weight is 502 g/mol. The van der Waals surface area contributed by atoms with Gasteiger partial charge in [-0.05, 0) is 43.5 Å². The molecule has 27 heavy (non-hydrogen) atoms. The van der Waals surface area contributed by atoms with Gasteiger partial charge in [0.1, 0.15) is 6.10 Å². The van der Waals surface area contributed by atoms with E-state index in [0.717, 1.165) is 23.9 Å². The van der Waals surface area contributed by atoms with Crippen LogP contribution < -0.4 is 10.6 Å². The molecule has 3 N–H and O–H groups in total. The maximum absolute atomic E-state index is 10.5. The lowest BCUT2D eigenvalue weighted by Gasteiger charge is -2.35. The Kier molecular flexibility index (Phi) is 9.28. The fourth-order valence-electron chi connectivity index (χ4n) is 3.60. The molecule has 0 spiro atoms. The fourth-order valence-corrected chi connectivity index (χ4v) is 4.65. The van der Waals surface area contributed by atoms with Crippen LogP contribution in [-0.2, 0) is 0 Å². The third kappa shape index (κ3) is 6.04. The molecule has 0 saturated carbocycles. The van der Waals surface area contributed by atoms with Crippen LogP contribution in [0.5, 0.6) is 0 Å². The highest BCUT2D eigenvalue weighted by Crippen LogP contribution is 2.29. The van der Waals surface area contributed by atoms with Crippen LogP contribution >= 0.6 is 35.3 Å². The van der Waals surface area contributed by atoms with Gasteiger partial charge in [-0.1, -0.05) is 31.5 Å². The minimum Gasteiger partial charge on any atom is -0.386 e. The summed E-state index contributed by atoms with van der Waals surface area (Å²) in [5.41, 5.74) is 0. The molecule has 1 aromatic heterocycles. The summed E-state index contributed by atoms with van der Waals surface area (Å²) >= 11 is 1.65. The van der Waals surface area contributed by atoms with Crippen molar-refractivity contribution in [1.82, 2.24) is 15.5 Å². The highest BCUT2D eigenvalue weighted by Gasteiger charge is 2.21. The molecule has 0 bridgehead atoms. The van der Waals surface area contributed by atoms with E-state index in [0.29, 0.717) is 12.6 Å². The Morgan fingerprint density at radius 1 is 1.33 bits per heavy atom. The minimum absolute atomic E-state index is 0. The lowest BCUT2D eigenvalue weighted by Crippen LogP contribution is -2.49. The van der Waals surface area contributed by atoms with Crippen molar-refractivity contribution in [3.8, 4) is 0 Å². The number of aliphatic imine (C=N–C) groups is 1. The van der Waals surface area contributed by atoms with Crippen LogP contribution in [0.1, 0.15) is 37.2 Å². The summed E-state index contributed by atoms with van der Waals surface area (Å²) in [4.78, 5) is 7.82. The Morgan fingerprint density at radius 2 is 2.15 bits per heavy atom. The van der Waals surface area contributed by atoms with Gasteiger partial charge < -0.3 is 15.7 Å². The highest BCUT2D eigenvalue weighted by atomic mass is 127. The molecule has 7 heteroatoms. The summed E-state index contributed by atoms with van der Waals surface area (Å²) in [6.45, 7) is 5.87. The average Bonchev–Trinajstić information content (AvgIpc) is 3.12. The topological polar surface area (TPSA) is 59.9 Å². The van der Waals surface area contributed by atoms with Gasteiger partial charge in [-0.2, -0.15) is 0 Å². The van der Waals surface area contributed by atoms with Gasteiger partial charge in [0.05, 0.1) is 0 Å². The number of piperidine rings is 1. The summed E-state index contributed by atoms with van der Waals surface area (Å²) in [7, 11) is 1.78. The van der Waals surface area contributed by atoms with Crippen molar-refractivity contribution in [2.45, 2.75) is 38.3 Å². The molecule has 1 saturated heterocycles. The van der Waals surface area contributed by atoms with Crippen LogP contribution in [0.4, 0.5) is 0 Å². The lowest BCUT2D eigenvalue weighted by molar-refractivity contribution is 0.157. The number of fused-ring (bicyclic) bond motifs is 1. The van der Waals surface area contributed by atoms with Gasteiger partial charge in [-0.25, -0.2) is 0 Å². The standard InChI is InChI=1S/C20H30N4OS.HI/c1-3-24-11-7-6-9-16(24)13-22-20(21-2)23-14-17(25)19-12-15-8-4-5-10-18(15)26-19;/h4-5,8,10,12,16-17,25H,3,6-7,9,11,13-14H2,1-2H3,(H2,21,22,23);1H. The molecule has 0 aliphatic carbocycles. The number of thiophene rings is 1. The van der Waals surface area contributed by atoms with Gasteiger partial charge in [0.2, 0.25) is 0 Å². The molecule has 1 fully saturated rings. The fraction of sp³-hybridized carbons (Fsp3) is 0.550. The first kappa shape index (κ1) is 22.4. The number of likely N-dealkylation sites (tertiary alicyclic amines) is 1. The summed E-state index contributed by atoms with van der Waals surface area (Å²) in [6.07, 6.45) is 3.31. The summed E-state index contributed by atoms with van der Waals surface area (Å²) in [6, 6.07) is 10.9. The molecule has 3 rings (SSSR count). The van der Waals surface area contributed by atoms with Crippen molar-refractivity contribution in [1.29, 1.82) is 0 Å². The predicted molar refractivity (Wildman–Crippen MR) is 126 cm³/mol. The van der Waals surface area contributed by atoms with Crippen molar-refractivity contribution in [3.05, 3.63) is 35.2 Å². The molecule has 2 unspecified atom stereocenters. The summed E-state index contributed by atoms with van der Waals surface area (Å²) in [5.74, 6) is 0.756. The largest absolute Gasteiger partial charge is 0.386 e. The molecule has 0 amide bonds. The van der Waals surface area contributed by atoms with Crippen LogP contribution in [0.15, 0.2) is 35.3 Å². The number of aliphatic hydroxyl groups excluding tert-OH is 1. The van der Waals surface area contributed by atoms with Crippen LogP contribution in [-0.4, -0.2) is 55.2 Å². The van der Waals surface area contributed by atoms with Gasteiger partial charge in [0.25, 0.3) is 0 Å². The maximum Gasteiger partial charge on any atom is 0.191 e. The van der Waals surface area contributed by atoms with Crippen molar-refractivity contribution in [3.63, 3.8) is 0 Å². The quantitative estimate of drug-likeness (QED) is 0.321. The number of rotatable bonds is 6. The number of halogens is 1. The zero-order valence-electron chi connectivity index (χ0n) is 16.1. The Hall–Kier alpha value is -0.900. The van der Waals surface area contributed by atoms with Crippen molar-refractivity contribution in [2.75, 3.05) is 33.2 Å². The monoisotopic (exact) mass is 502 g/mol. The number of benzene rings is 1. The number of nitrogens with one attached hydrogen (secondary N) is 2. The van der Waals surface area contributed by atoms with Crippen LogP contribution in [0.2, 0.25) is 0 Å². The third-order valence-electron chi connectivity index (χ3n) is 5.12. The van der Waals surface area contributed by atoms with Crippen molar-refractivity contribution < 1.29 is 5.11 Å². The zero-order chi connectivity index (χ0) is 18.4. The van der Waals surface area contributed by atoms with E-state index in [1.54, 1.807) is 18.4 Å². The molecule has 0 radical (unpaired) electrons. The first-order valence-electron chi connectivity index (χ1n) is 9.56. The molecule has 2 heterocycles. The van der Waals surface area contributed by atoms with Crippen LogP contribution in [0, 0.1) is 0 Å². The maximum atomic E-state index is 10.5. The van der Waals surface area contributed by atoms with Crippen molar-refractivity contribution in [2.24, 2.45) is 4.99 Å². The molecule has 5 nitrogen and oxygen atoms in total. The number of nitrogens with zero attached hydrogens (tertiary/aromatic N) is 2. The Bertz CT molecular complexity index is 703. The second-order valence-electron chi connectivity index (χ2n) is 6.81. The van der Waals surface area contributed by atoms with E-state index in [1.807, 2.05) is 12.1 Å². The van der Waals surface area contributed by atoms with E-state index in [2.05, 4.69) is 45.6 Å². The molecular formula is C20H31IN4OS. The van der Waals surface area contributed by atoms with Gasteiger partial charge >= 0.3 is 0 Å². The minimum atomic E-state index is -0.534. The summed E-state index contributed by atoms with van der Waals surface area (Å²) < 4.78 is 1.21. The number of hydrogen-bond acceptors (Lipinski definition) is 4. The van der Waals surface area contributed by atoms with E-state index < -0.39 is 6.10 Å². The second-order valence-corrected chi connectivity index (χ2v) is 7.93. The van der Waals surface area contributed by atoms with E-state index in [-0.39, 0.29) is 24.0 Å². The molecule has 2 aromatic rings. The van der Waals surface area contributed by atoms with E-state index >= 15 is 0 Å². The normalized spacial score (nSPS) is 19.5. The Labute approximate surface area is 183 Å². The van der Waals surface area contributed by atoms with Gasteiger partial charge in [-0.3, -0.25) is 9.89 Å². The van der Waals surface area contributed by atoms with Gasteiger partial charge in [0.15, 0.2) is 5.96 Å². The molecule has 1 aliphatic heterocycles. The zero-order valence-corrected chi connectivity index (χ0v) is 19.3. The SMILES string of the molecule is CCN1CCCCC1CNC(=NC)NCC(O)c1cc2ccccc2s1.I. The Balaban J connectivity index is 0.00000261. The van der Waals surface area contributed by atoms with E-state index in [4.69, 9.17) is 0 Å². The predicted octanol–water partition coefficient (Wildman–Crippen LogP) is 3.59. The molecule has 150 valence electrons. The van der Waals surface area contributed by atoms with Crippen LogP contribution in [0.3, 0.4) is 0 Å². The first-order valence-corrected chi connectivity index (χ1v) is 10.4. The Morgan fingerprint density at radius 3 is 2.89 bits per heavy atom. The lowest BCUT2D eigenvalue weighted by atomic mass is 10.0. The molecule has 1 aliphatic rings. The molecule has 2 atom stereocenters.